The van der Waals surface area contributed by atoms with Crippen LogP contribution in [0.25, 0.3) is 5.70 Å². The lowest BCUT2D eigenvalue weighted by atomic mass is 10.0. The Bertz CT molecular complexity index is 606. The van der Waals surface area contributed by atoms with Gasteiger partial charge in [0.1, 0.15) is 11.6 Å². The molecule has 1 rings (SSSR count). The summed E-state index contributed by atoms with van der Waals surface area (Å²) in [5.41, 5.74) is 4.12. The lowest BCUT2D eigenvalue weighted by molar-refractivity contribution is -0.146. The molecular formula is C15H17F2NO4. The fourth-order valence-corrected chi connectivity index (χ4v) is 1.71. The van der Waals surface area contributed by atoms with Gasteiger partial charge in [-0.25, -0.2) is 18.4 Å². The van der Waals surface area contributed by atoms with Crippen molar-refractivity contribution in [2.45, 2.75) is 20.8 Å². The summed E-state index contributed by atoms with van der Waals surface area (Å²) in [6, 6.07) is 2.04. The van der Waals surface area contributed by atoms with E-state index in [9.17, 15) is 18.4 Å². The van der Waals surface area contributed by atoms with Crippen LogP contribution >= 0.6 is 0 Å². The maximum absolute atomic E-state index is 14.1. The summed E-state index contributed by atoms with van der Waals surface area (Å²) < 4.78 is 36.9. The standard InChI is InChI=1S/C15H17F2NO4/c1-4-21-14(19)11(15(20)22-5-2)13(18)9-6-7-10(16)8(3)12(9)17/h6-7H,4-5,18H2,1-3H3. The maximum Gasteiger partial charge on any atom is 0.347 e. The van der Waals surface area contributed by atoms with Crippen molar-refractivity contribution < 1.29 is 27.8 Å². The van der Waals surface area contributed by atoms with Crippen LogP contribution in [0, 0.1) is 18.6 Å². The Hall–Kier alpha value is -2.44. The molecule has 0 saturated heterocycles. The molecule has 0 amide bonds. The third kappa shape index (κ3) is 3.60. The molecule has 0 spiro atoms. The first-order chi connectivity index (χ1) is 10.3. The van der Waals surface area contributed by atoms with E-state index < -0.39 is 34.8 Å². The van der Waals surface area contributed by atoms with Crippen molar-refractivity contribution in [1.82, 2.24) is 0 Å². The lowest BCUT2D eigenvalue weighted by Gasteiger charge is -2.12. The number of hydrogen-bond acceptors (Lipinski definition) is 5. The minimum atomic E-state index is -1.03. The molecule has 5 nitrogen and oxygen atoms in total. The number of benzene rings is 1. The molecule has 0 aromatic heterocycles. The van der Waals surface area contributed by atoms with Crippen LogP contribution in [0.1, 0.15) is 25.0 Å². The second-order valence-electron chi connectivity index (χ2n) is 4.26. The molecular weight excluding hydrogens is 296 g/mol. The zero-order valence-corrected chi connectivity index (χ0v) is 12.5. The Labute approximate surface area is 126 Å². The number of ether oxygens (including phenoxy) is 2. The minimum absolute atomic E-state index is 0.0000535. The smallest absolute Gasteiger partial charge is 0.347 e. The van der Waals surface area contributed by atoms with Crippen molar-refractivity contribution in [1.29, 1.82) is 0 Å². The molecule has 1 aromatic rings. The van der Waals surface area contributed by atoms with Crippen molar-refractivity contribution in [3.8, 4) is 0 Å². The number of nitrogens with two attached hydrogens (primary N) is 1. The van der Waals surface area contributed by atoms with Crippen molar-refractivity contribution in [2.24, 2.45) is 5.73 Å². The maximum atomic E-state index is 14.1. The van der Waals surface area contributed by atoms with Gasteiger partial charge in [0.05, 0.1) is 18.9 Å². The van der Waals surface area contributed by atoms with E-state index in [1.165, 1.54) is 6.92 Å². The van der Waals surface area contributed by atoms with Crippen LogP contribution in [0.2, 0.25) is 0 Å². The average Bonchev–Trinajstić information content (AvgIpc) is 2.45. The van der Waals surface area contributed by atoms with Gasteiger partial charge in [0, 0.05) is 11.1 Å². The summed E-state index contributed by atoms with van der Waals surface area (Å²) >= 11 is 0. The van der Waals surface area contributed by atoms with E-state index in [-0.39, 0.29) is 24.3 Å². The molecule has 0 heterocycles. The minimum Gasteiger partial charge on any atom is -0.462 e. The Balaban J connectivity index is 3.48. The number of hydrogen-bond donors (Lipinski definition) is 1. The molecule has 22 heavy (non-hydrogen) atoms. The van der Waals surface area contributed by atoms with E-state index in [4.69, 9.17) is 15.2 Å². The van der Waals surface area contributed by atoms with Gasteiger partial charge in [0.25, 0.3) is 0 Å². The SMILES string of the molecule is CCOC(=O)C(C(=O)OCC)=C(N)c1ccc(F)c(C)c1F. The monoisotopic (exact) mass is 313 g/mol. The zero-order chi connectivity index (χ0) is 16.9. The molecule has 0 atom stereocenters. The number of rotatable bonds is 5. The molecule has 0 unspecified atom stereocenters. The highest BCUT2D eigenvalue weighted by atomic mass is 19.1. The highest BCUT2D eigenvalue weighted by Gasteiger charge is 2.27. The van der Waals surface area contributed by atoms with Gasteiger partial charge in [0.15, 0.2) is 5.57 Å². The third-order valence-corrected chi connectivity index (χ3v) is 2.84. The Morgan fingerprint density at radius 1 is 1.09 bits per heavy atom. The van der Waals surface area contributed by atoms with Gasteiger partial charge in [-0.1, -0.05) is 0 Å². The topological polar surface area (TPSA) is 78.6 Å². The van der Waals surface area contributed by atoms with Crippen molar-refractivity contribution in [3.63, 3.8) is 0 Å². The van der Waals surface area contributed by atoms with Gasteiger partial charge in [-0.05, 0) is 32.9 Å². The molecule has 0 saturated carbocycles. The van der Waals surface area contributed by atoms with Crippen LogP contribution < -0.4 is 5.73 Å². The average molecular weight is 313 g/mol. The molecule has 0 aliphatic carbocycles. The van der Waals surface area contributed by atoms with E-state index in [0.717, 1.165) is 12.1 Å². The van der Waals surface area contributed by atoms with Gasteiger partial charge in [-0.3, -0.25) is 0 Å². The van der Waals surface area contributed by atoms with Gasteiger partial charge >= 0.3 is 11.9 Å². The Kier molecular flexibility index (Phi) is 6.03. The van der Waals surface area contributed by atoms with Gasteiger partial charge in [-0.15, -0.1) is 0 Å². The fourth-order valence-electron chi connectivity index (χ4n) is 1.71. The number of carbonyl (C=O) groups is 2. The summed E-state index contributed by atoms with van der Waals surface area (Å²) in [6.45, 7) is 4.30. The molecule has 0 aliphatic heterocycles. The predicted molar refractivity (Wildman–Crippen MR) is 75.5 cm³/mol. The van der Waals surface area contributed by atoms with Crippen molar-refractivity contribution in [3.05, 3.63) is 40.5 Å². The molecule has 0 bridgehead atoms. The first-order valence-corrected chi connectivity index (χ1v) is 6.64. The second-order valence-corrected chi connectivity index (χ2v) is 4.26. The lowest BCUT2D eigenvalue weighted by Crippen LogP contribution is -2.23. The first-order valence-electron chi connectivity index (χ1n) is 6.64. The third-order valence-electron chi connectivity index (χ3n) is 2.84. The predicted octanol–water partition coefficient (Wildman–Crippen LogP) is 2.07. The second kappa shape index (κ2) is 7.53. The van der Waals surface area contributed by atoms with Crippen LogP contribution in [0.4, 0.5) is 8.78 Å². The number of esters is 2. The summed E-state index contributed by atoms with van der Waals surface area (Å²) in [5.74, 6) is -3.77. The summed E-state index contributed by atoms with van der Waals surface area (Å²) in [7, 11) is 0. The molecule has 0 aliphatic rings. The molecule has 0 radical (unpaired) electrons. The van der Waals surface area contributed by atoms with E-state index in [1.807, 2.05) is 0 Å². The fraction of sp³-hybridized carbons (Fsp3) is 0.333. The number of halogens is 2. The number of carbonyl (C=O) groups excluding carboxylic acids is 2. The van der Waals surface area contributed by atoms with E-state index in [2.05, 4.69) is 0 Å². The molecule has 0 fully saturated rings. The largest absolute Gasteiger partial charge is 0.462 e. The summed E-state index contributed by atoms with van der Waals surface area (Å²) in [5, 5.41) is 0. The molecule has 2 N–H and O–H groups in total. The quantitative estimate of drug-likeness (QED) is 0.390. The Morgan fingerprint density at radius 2 is 1.59 bits per heavy atom. The van der Waals surface area contributed by atoms with Gasteiger partial charge < -0.3 is 15.2 Å². The molecule has 1 aromatic carbocycles. The summed E-state index contributed by atoms with van der Waals surface area (Å²) in [6.07, 6.45) is 0. The first kappa shape index (κ1) is 17.6. The van der Waals surface area contributed by atoms with E-state index in [0.29, 0.717) is 0 Å². The van der Waals surface area contributed by atoms with Crippen molar-refractivity contribution in [2.75, 3.05) is 13.2 Å². The highest BCUT2D eigenvalue weighted by Crippen LogP contribution is 2.23. The zero-order valence-electron chi connectivity index (χ0n) is 12.5. The van der Waals surface area contributed by atoms with Gasteiger partial charge in [-0.2, -0.15) is 0 Å². The highest BCUT2D eigenvalue weighted by molar-refractivity contribution is 6.19. The summed E-state index contributed by atoms with van der Waals surface area (Å²) in [4.78, 5) is 23.8. The van der Waals surface area contributed by atoms with E-state index in [1.54, 1.807) is 13.8 Å². The van der Waals surface area contributed by atoms with Crippen LogP contribution in [-0.4, -0.2) is 25.2 Å². The molecule has 120 valence electrons. The van der Waals surface area contributed by atoms with E-state index >= 15 is 0 Å². The molecule has 7 heteroatoms. The normalized spacial score (nSPS) is 10.0. The van der Waals surface area contributed by atoms with Crippen LogP contribution in [0.5, 0.6) is 0 Å². The van der Waals surface area contributed by atoms with Crippen LogP contribution in [0.15, 0.2) is 17.7 Å². The van der Waals surface area contributed by atoms with Crippen LogP contribution in [-0.2, 0) is 19.1 Å². The van der Waals surface area contributed by atoms with Crippen LogP contribution in [0.3, 0.4) is 0 Å². The van der Waals surface area contributed by atoms with Gasteiger partial charge in [0.2, 0.25) is 0 Å². The van der Waals surface area contributed by atoms with Crippen molar-refractivity contribution >= 4 is 17.6 Å². The Morgan fingerprint density at radius 3 is 2.05 bits per heavy atom.